The summed E-state index contributed by atoms with van der Waals surface area (Å²) in [6, 6.07) is 1.60. The van der Waals surface area contributed by atoms with Crippen LogP contribution in [0.25, 0.3) is 10.9 Å². The molecule has 0 aliphatic carbocycles. The molecular formula is C9H8ClN3O2. The number of Topliss-reactive ketones (excluding diaryl/α,β-unsaturated/α-hetero) is 1. The first kappa shape index (κ1) is 9.92. The quantitative estimate of drug-likeness (QED) is 0.625. The number of ether oxygens (including phenoxy) is 1. The van der Waals surface area contributed by atoms with E-state index in [1.165, 1.54) is 14.0 Å². The minimum Gasteiger partial charge on any atom is -0.479 e. The van der Waals surface area contributed by atoms with Gasteiger partial charge in [0.15, 0.2) is 5.78 Å². The maximum atomic E-state index is 11.4. The van der Waals surface area contributed by atoms with Crippen molar-refractivity contribution in [3.05, 3.63) is 16.9 Å². The average molecular weight is 226 g/mol. The van der Waals surface area contributed by atoms with E-state index in [2.05, 4.69) is 15.2 Å². The summed E-state index contributed by atoms with van der Waals surface area (Å²) in [5.41, 5.74) is 0.903. The number of rotatable bonds is 2. The lowest BCUT2D eigenvalue weighted by atomic mass is 10.2. The second kappa shape index (κ2) is 3.51. The molecule has 1 N–H and O–H groups in total. The van der Waals surface area contributed by atoms with Gasteiger partial charge in [0.25, 0.3) is 0 Å². The molecule has 0 aliphatic rings. The van der Waals surface area contributed by atoms with Crippen LogP contribution >= 0.6 is 11.6 Å². The molecular weight excluding hydrogens is 218 g/mol. The first-order valence-corrected chi connectivity index (χ1v) is 4.61. The molecule has 2 heterocycles. The van der Waals surface area contributed by atoms with Crippen molar-refractivity contribution in [2.45, 2.75) is 6.92 Å². The topological polar surface area (TPSA) is 67.9 Å². The van der Waals surface area contributed by atoms with Gasteiger partial charge in [-0.1, -0.05) is 11.6 Å². The molecule has 0 radical (unpaired) electrons. The first-order chi connectivity index (χ1) is 7.13. The molecule has 0 spiro atoms. The van der Waals surface area contributed by atoms with Crippen molar-refractivity contribution in [1.82, 2.24) is 15.2 Å². The van der Waals surface area contributed by atoms with Gasteiger partial charge in [-0.3, -0.25) is 9.89 Å². The molecule has 0 amide bonds. The lowest BCUT2D eigenvalue weighted by Gasteiger charge is -2.00. The van der Waals surface area contributed by atoms with Gasteiger partial charge in [-0.05, 0) is 0 Å². The molecule has 2 rings (SSSR count). The predicted molar refractivity (Wildman–Crippen MR) is 55.5 cm³/mol. The van der Waals surface area contributed by atoms with Crippen LogP contribution in [0.5, 0.6) is 5.88 Å². The number of aromatic nitrogens is 3. The fourth-order valence-corrected chi connectivity index (χ4v) is 1.58. The average Bonchev–Trinajstić information content (AvgIpc) is 2.58. The Morgan fingerprint density at radius 1 is 1.60 bits per heavy atom. The van der Waals surface area contributed by atoms with Gasteiger partial charge in [-0.2, -0.15) is 0 Å². The number of H-pyrrole nitrogens is 1. The second-order valence-corrected chi connectivity index (χ2v) is 3.39. The van der Waals surface area contributed by atoms with Crippen LogP contribution in [0.4, 0.5) is 0 Å². The summed E-state index contributed by atoms with van der Waals surface area (Å²) in [5.74, 6) is 0.168. The van der Waals surface area contributed by atoms with Crippen molar-refractivity contribution in [2.75, 3.05) is 7.11 Å². The van der Waals surface area contributed by atoms with Gasteiger partial charge in [-0.25, -0.2) is 4.98 Å². The normalized spacial score (nSPS) is 10.6. The van der Waals surface area contributed by atoms with Crippen molar-refractivity contribution in [3.8, 4) is 5.88 Å². The van der Waals surface area contributed by atoms with E-state index in [0.717, 1.165) is 0 Å². The Kier molecular flexibility index (Phi) is 2.32. The summed E-state index contributed by atoms with van der Waals surface area (Å²) < 4.78 is 5.02. The van der Waals surface area contributed by atoms with Gasteiger partial charge in [0, 0.05) is 13.0 Å². The number of ketones is 1. The largest absolute Gasteiger partial charge is 0.479 e. The van der Waals surface area contributed by atoms with Crippen LogP contribution in [0.15, 0.2) is 6.07 Å². The van der Waals surface area contributed by atoms with E-state index in [-0.39, 0.29) is 16.6 Å². The number of carbonyl (C=O) groups is 1. The number of hydrogen-bond donors (Lipinski definition) is 1. The van der Waals surface area contributed by atoms with Crippen LogP contribution < -0.4 is 4.74 Å². The minimum atomic E-state index is -0.179. The Bertz CT molecular complexity index is 535. The minimum absolute atomic E-state index is 0.179. The van der Waals surface area contributed by atoms with Crippen LogP contribution in [0, 0.1) is 0 Å². The fraction of sp³-hybridized carbons (Fsp3) is 0.222. The molecule has 2 aromatic heterocycles. The molecule has 0 bridgehead atoms. The Hall–Kier alpha value is -1.62. The van der Waals surface area contributed by atoms with E-state index in [1.54, 1.807) is 6.07 Å². The van der Waals surface area contributed by atoms with Gasteiger partial charge in [0.2, 0.25) is 5.88 Å². The van der Waals surface area contributed by atoms with Gasteiger partial charge in [0.1, 0.15) is 10.8 Å². The molecule has 6 heteroatoms. The van der Waals surface area contributed by atoms with Crippen LogP contribution in [-0.2, 0) is 0 Å². The molecule has 2 aromatic rings. The standard InChI is InChI=1S/C9H8ClN3O2/c1-4(14)8-7-5(3-6(10)11-8)12-13-9(7)15-2/h3H,1-2H3,(H,12,13). The number of carbonyl (C=O) groups excluding carboxylic acids is 1. The van der Waals surface area contributed by atoms with Crippen LogP contribution in [0.3, 0.4) is 0 Å². The van der Waals surface area contributed by atoms with Crippen molar-refractivity contribution in [2.24, 2.45) is 0 Å². The van der Waals surface area contributed by atoms with Gasteiger partial charge < -0.3 is 4.74 Å². The van der Waals surface area contributed by atoms with E-state index in [0.29, 0.717) is 16.8 Å². The zero-order valence-electron chi connectivity index (χ0n) is 8.17. The molecule has 0 saturated carbocycles. The molecule has 0 aromatic carbocycles. The number of aromatic amines is 1. The van der Waals surface area contributed by atoms with E-state index < -0.39 is 0 Å². The Labute approximate surface area is 90.4 Å². The first-order valence-electron chi connectivity index (χ1n) is 4.23. The fourth-order valence-electron chi connectivity index (χ4n) is 1.39. The molecule has 0 unspecified atom stereocenters. The van der Waals surface area contributed by atoms with Crippen molar-refractivity contribution >= 4 is 28.3 Å². The van der Waals surface area contributed by atoms with Gasteiger partial charge in [-0.15, -0.1) is 5.10 Å². The van der Waals surface area contributed by atoms with Gasteiger partial charge >= 0.3 is 0 Å². The van der Waals surface area contributed by atoms with E-state index >= 15 is 0 Å². The molecule has 78 valence electrons. The summed E-state index contributed by atoms with van der Waals surface area (Å²) in [6.07, 6.45) is 0. The van der Waals surface area contributed by atoms with Crippen molar-refractivity contribution in [3.63, 3.8) is 0 Å². The highest BCUT2D eigenvalue weighted by Crippen LogP contribution is 2.27. The highest BCUT2D eigenvalue weighted by atomic mass is 35.5. The number of nitrogens with one attached hydrogen (secondary N) is 1. The Morgan fingerprint density at radius 2 is 2.33 bits per heavy atom. The third-order valence-electron chi connectivity index (χ3n) is 2.01. The Morgan fingerprint density at radius 3 is 2.93 bits per heavy atom. The lowest BCUT2D eigenvalue weighted by molar-refractivity contribution is 0.101. The lowest BCUT2D eigenvalue weighted by Crippen LogP contribution is -1.98. The maximum Gasteiger partial charge on any atom is 0.242 e. The highest BCUT2D eigenvalue weighted by molar-refractivity contribution is 6.30. The second-order valence-electron chi connectivity index (χ2n) is 3.01. The summed E-state index contributed by atoms with van der Waals surface area (Å²) >= 11 is 5.77. The van der Waals surface area contributed by atoms with Gasteiger partial charge in [0.05, 0.1) is 18.0 Å². The number of nitrogens with zero attached hydrogens (tertiary/aromatic N) is 2. The zero-order valence-corrected chi connectivity index (χ0v) is 8.92. The van der Waals surface area contributed by atoms with Crippen LogP contribution in [-0.4, -0.2) is 28.1 Å². The summed E-state index contributed by atoms with van der Waals surface area (Å²) in [4.78, 5) is 15.3. The maximum absolute atomic E-state index is 11.4. The summed E-state index contributed by atoms with van der Waals surface area (Å²) in [6.45, 7) is 1.42. The molecule has 0 atom stereocenters. The number of fused-ring (bicyclic) bond motifs is 1. The predicted octanol–water partition coefficient (Wildman–Crippen LogP) is 1.82. The van der Waals surface area contributed by atoms with Crippen LogP contribution in [0.2, 0.25) is 5.15 Å². The number of halogens is 1. The molecule has 15 heavy (non-hydrogen) atoms. The van der Waals surface area contributed by atoms with Crippen molar-refractivity contribution < 1.29 is 9.53 Å². The smallest absolute Gasteiger partial charge is 0.242 e. The van der Waals surface area contributed by atoms with Crippen LogP contribution in [0.1, 0.15) is 17.4 Å². The molecule has 0 aliphatic heterocycles. The third kappa shape index (κ3) is 1.55. The zero-order chi connectivity index (χ0) is 11.0. The van der Waals surface area contributed by atoms with Crippen molar-refractivity contribution in [1.29, 1.82) is 0 Å². The van der Waals surface area contributed by atoms with E-state index in [9.17, 15) is 4.79 Å². The molecule has 0 fully saturated rings. The van der Waals surface area contributed by atoms with E-state index in [4.69, 9.17) is 16.3 Å². The highest BCUT2D eigenvalue weighted by Gasteiger charge is 2.16. The van der Waals surface area contributed by atoms with E-state index in [1.807, 2.05) is 0 Å². The monoisotopic (exact) mass is 225 g/mol. The summed E-state index contributed by atoms with van der Waals surface area (Å²) in [7, 11) is 1.48. The molecule has 0 saturated heterocycles. The summed E-state index contributed by atoms with van der Waals surface area (Å²) in [5, 5.41) is 7.44. The number of methoxy groups -OCH3 is 1. The SMILES string of the molecule is COc1n[nH]c2cc(Cl)nc(C(C)=O)c12. The number of pyridine rings is 1. The Balaban J connectivity index is 2.85. The molecule has 5 nitrogen and oxygen atoms in total. The third-order valence-corrected chi connectivity index (χ3v) is 2.20. The number of hydrogen-bond acceptors (Lipinski definition) is 4.